The minimum atomic E-state index is -1.08. The number of aromatic nitrogens is 2. The van der Waals surface area contributed by atoms with E-state index in [1.807, 2.05) is 0 Å². The summed E-state index contributed by atoms with van der Waals surface area (Å²) in [5.41, 5.74) is 0.933. The van der Waals surface area contributed by atoms with Crippen molar-refractivity contribution in [3.8, 4) is 5.75 Å². The molecule has 0 aliphatic carbocycles. The molecular weight excluding hydrogens is 270 g/mol. The third-order valence-electron chi connectivity index (χ3n) is 2.33. The Kier molecular flexibility index (Phi) is 3.52. The van der Waals surface area contributed by atoms with Crippen molar-refractivity contribution >= 4 is 29.1 Å². The van der Waals surface area contributed by atoms with Crippen LogP contribution < -0.4 is 5.32 Å². The summed E-state index contributed by atoms with van der Waals surface area (Å²) in [6.45, 7) is 1.74. The van der Waals surface area contributed by atoms with Gasteiger partial charge in [-0.3, -0.25) is 0 Å². The summed E-state index contributed by atoms with van der Waals surface area (Å²) in [5.74, 6) is -0.798. The van der Waals surface area contributed by atoms with Crippen LogP contribution >= 0.6 is 11.6 Å². The minimum Gasteiger partial charge on any atom is -0.506 e. The molecule has 0 radical (unpaired) electrons. The zero-order valence-electron chi connectivity index (χ0n) is 9.88. The molecule has 2 aromatic rings. The third-order valence-corrected chi connectivity index (χ3v) is 2.50. The van der Waals surface area contributed by atoms with E-state index in [0.717, 1.165) is 0 Å². The molecule has 0 amide bonds. The fraction of sp³-hybridized carbons (Fsp3) is 0.0833. The van der Waals surface area contributed by atoms with Crippen molar-refractivity contribution < 1.29 is 15.0 Å². The minimum absolute atomic E-state index is 0.0529. The topological polar surface area (TPSA) is 95.3 Å². The quantitative estimate of drug-likeness (QED) is 0.590. The van der Waals surface area contributed by atoms with Gasteiger partial charge in [0, 0.05) is 11.8 Å². The molecule has 6 nitrogen and oxygen atoms in total. The van der Waals surface area contributed by atoms with Crippen molar-refractivity contribution in [1.82, 2.24) is 9.97 Å². The van der Waals surface area contributed by atoms with Crippen molar-refractivity contribution in [2.45, 2.75) is 6.92 Å². The summed E-state index contributed by atoms with van der Waals surface area (Å²) in [5, 5.41) is 21.4. The molecule has 19 heavy (non-hydrogen) atoms. The Bertz CT molecular complexity index is 626. The average Bonchev–Trinajstić information content (AvgIpc) is 2.30. The summed E-state index contributed by atoms with van der Waals surface area (Å²) in [4.78, 5) is 18.7. The zero-order valence-corrected chi connectivity index (χ0v) is 10.6. The Balaban J connectivity index is 2.37. The lowest BCUT2D eigenvalue weighted by molar-refractivity contribution is 0.0697. The second kappa shape index (κ2) is 5.11. The van der Waals surface area contributed by atoms with E-state index >= 15 is 0 Å². The monoisotopic (exact) mass is 279 g/mol. The van der Waals surface area contributed by atoms with E-state index in [1.165, 1.54) is 18.2 Å². The molecule has 98 valence electrons. The number of aromatic hydroxyl groups is 1. The number of rotatable bonds is 3. The number of phenols is 1. The van der Waals surface area contributed by atoms with Gasteiger partial charge in [0.05, 0.1) is 11.3 Å². The Hall–Kier alpha value is -2.34. The summed E-state index contributed by atoms with van der Waals surface area (Å²) in [6.07, 6.45) is 0. The van der Waals surface area contributed by atoms with E-state index in [1.54, 1.807) is 13.0 Å². The van der Waals surface area contributed by atoms with Gasteiger partial charge < -0.3 is 15.5 Å². The van der Waals surface area contributed by atoms with E-state index in [0.29, 0.717) is 11.5 Å². The molecule has 0 aliphatic heterocycles. The SMILES string of the molecule is Cc1cc(Nc2cc(C(=O)O)ccc2O)nc(Cl)n1. The first kappa shape index (κ1) is 13.1. The lowest BCUT2D eigenvalue weighted by atomic mass is 10.2. The van der Waals surface area contributed by atoms with Gasteiger partial charge in [0.1, 0.15) is 11.6 Å². The lowest BCUT2D eigenvalue weighted by Crippen LogP contribution is -2.00. The summed E-state index contributed by atoms with van der Waals surface area (Å²) < 4.78 is 0. The van der Waals surface area contributed by atoms with Gasteiger partial charge in [-0.2, -0.15) is 0 Å². The molecule has 7 heteroatoms. The van der Waals surface area contributed by atoms with E-state index in [9.17, 15) is 9.90 Å². The van der Waals surface area contributed by atoms with Gasteiger partial charge in [-0.05, 0) is 36.7 Å². The third kappa shape index (κ3) is 3.11. The first-order valence-corrected chi connectivity index (χ1v) is 5.68. The number of hydrogen-bond acceptors (Lipinski definition) is 5. The normalized spacial score (nSPS) is 10.2. The van der Waals surface area contributed by atoms with Gasteiger partial charge in [-0.15, -0.1) is 0 Å². The molecule has 0 bridgehead atoms. The number of carbonyl (C=O) groups is 1. The number of benzene rings is 1. The van der Waals surface area contributed by atoms with E-state index in [4.69, 9.17) is 16.7 Å². The molecule has 1 aromatic heterocycles. The molecule has 3 N–H and O–H groups in total. The standard InChI is InChI=1S/C12H10ClN3O3/c1-6-4-10(16-12(13)14-6)15-8-5-7(11(18)19)2-3-9(8)17/h2-5,17H,1H3,(H,18,19)(H,14,15,16). The van der Waals surface area contributed by atoms with Gasteiger partial charge in [0.15, 0.2) is 0 Å². The van der Waals surface area contributed by atoms with Gasteiger partial charge in [-0.25, -0.2) is 14.8 Å². The van der Waals surface area contributed by atoms with Gasteiger partial charge in [-0.1, -0.05) is 0 Å². The Morgan fingerprint density at radius 1 is 1.32 bits per heavy atom. The predicted molar refractivity (Wildman–Crippen MR) is 70.1 cm³/mol. The largest absolute Gasteiger partial charge is 0.506 e. The number of nitrogens with zero attached hydrogens (tertiary/aromatic N) is 2. The fourth-order valence-electron chi connectivity index (χ4n) is 1.50. The number of phenolic OH excluding ortho intramolecular Hbond substituents is 1. The highest BCUT2D eigenvalue weighted by Crippen LogP contribution is 2.27. The molecule has 0 aliphatic rings. The van der Waals surface area contributed by atoms with Crippen molar-refractivity contribution in [3.05, 3.63) is 40.8 Å². The molecular formula is C12H10ClN3O3. The molecule has 0 spiro atoms. The van der Waals surface area contributed by atoms with Crippen LogP contribution in [-0.2, 0) is 0 Å². The van der Waals surface area contributed by atoms with Crippen LogP contribution in [0.5, 0.6) is 5.75 Å². The van der Waals surface area contributed by atoms with Gasteiger partial charge >= 0.3 is 5.97 Å². The van der Waals surface area contributed by atoms with Crippen molar-refractivity contribution in [2.24, 2.45) is 0 Å². The highest BCUT2D eigenvalue weighted by atomic mass is 35.5. The van der Waals surface area contributed by atoms with Gasteiger partial charge in [0.25, 0.3) is 0 Å². The summed E-state index contributed by atoms with van der Waals surface area (Å²) >= 11 is 5.72. The molecule has 1 heterocycles. The highest BCUT2D eigenvalue weighted by Gasteiger charge is 2.09. The van der Waals surface area contributed by atoms with Crippen molar-refractivity contribution in [2.75, 3.05) is 5.32 Å². The van der Waals surface area contributed by atoms with Crippen LogP contribution in [-0.4, -0.2) is 26.2 Å². The first-order chi connectivity index (χ1) is 8.95. The van der Waals surface area contributed by atoms with Gasteiger partial charge in [0.2, 0.25) is 5.28 Å². The van der Waals surface area contributed by atoms with Crippen LogP contribution in [0.3, 0.4) is 0 Å². The predicted octanol–water partition coefficient (Wildman–Crippen LogP) is 2.59. The molecule has 1 aromatic carbocycles. The number of halogens is 1. The number of anilines is 2. The Morgan fingerprint density at radius 3 is 2.68 bits per heavy atom. The number of nitrogens with one attached hydrogen (secondary N) is 1. The van der Waals surface area contributed by atoms with Crippen molar-refractivity contribution in [3.63, 3.8) is 0 Å². The molecule has 0 saturated heterocycles. The summed E-state index contributed by atoms with van der Waals surface area (Å²) in [6, 6.07) is 5.53. The molecule has 0 fully saturated rings. The smallest absolute Gasteiger partial charge is 0.335 e. The summed E-state index contributed by atoms with van der Waals surface area (Å²) in [7, 11) is 0. The molecule has 0 saturated carbocycles. The Morgan fingerprint density at radius 2 is 2.05 bits per heavy atom. The van der Waals surface area contributed by atoms with Crippen LogP contribution in [0.25, 0.3) is 0 Å². The molecule has 0 atom stereocenters. The van der Waals surface area contributed by atoms with Crippen LogP contribution in [0.4, 0.5) is 11.5 Å². The number of carboxylic acids is 1. The zero-order chi connectivity index (χ0) is 14.0. The van der Waals surface area contributed by atoms with Crippen LogP contribution in [0.1, 0.15) is 16.1 Å². The van der Waals surface area contributed by atoms with E-state index < -0.39 is 5.97 Å². The molecule has 0 unspecified atom stereocenters. The maximum Gasteiger partial charge on any atom is 0.335 e. The van der Waals surface area contributed by atoms with E-state index in [-0.39, 0.29) is 22.3 Å². The number of aromatic carboxylic acids is 1. The maximum absolute atomic E-state index is 10.9. The Labute approximate surface area is 113 Å². The van der Waals surface area contributed by atoms with Crippen molar-refractivity contribution in [1.29, 1.82) is 0 Å². The first-order valence-electron chi connectivity index (χ1n) is 5.30. The van der Waals surface area contributed by atoms with Crippen LogP contribution in [0, 0.1) is 6.92 Å². The van der Waals surface area contributed by atoms with Crippen LogP contribution in [0.2, 0.25) is 5.28 Å². The fourth-order valence-corrected chi connectivity index (χ4v) is 1.73. The average molecular weight is 280 g/mol. The second-order valence-electron chi connectivity index (χ2n) is 3.83. The molecule has 2 rings (SSSR count). The second-order valence-corrected chi connectivity index (χ2v) is 4.16. The number of hydrogen-bond donors (Lipinski definition) is 3. The maximum atomic E-state index is 10.9. The lowest BCUT2D eigenvalue weighted by Gasteiger charge is -2.09. The van der Waals surface area contributed by atoms with E-state index in [2.05, 4.69) is 15.3 Å². The van der Waals surface area contributed by atoms with Crippen LogP contribution in [0.15, 0.2) is 24.3 Å². The number of aryl methyl sites for hydroxylation is 1. The highest BCUT2D eigenvalue weighted by molar-refractivity contribution is 6.28. The number of carboxylic acid groups (broad SMARTS) is 1.